The topological polar surface area (TPSA) is 64.4 Å². The highest BCUT2D eigenvalue weighted by atomic mass is 16.6. The Bertz CT molecular complexity index is 461. The van der Waals surface area contributed by atoms with Gasteiger partial charge in [0.25, 0.3) is 0 Å². The molecule has 0 fully saturated rings. The summed E-state index contributed by atoms with van der Waals surface area (Å²) in [6.07, 6.45) is 1.67. The molecule has 118 valence electrons. The second-order valence-corrected chi connectivity index (χ2v) is 5.52. The zero-order valence-electron chi connectivity index (χ0n) is 13.4. The van der Waals surface area contributed by atoms with Gasteiger partial charge in [-0.25, -0.2) is 0 Å². The van der Waals surface area contributed by atoms with Crippen LogP contribution in [0.3, 0.4) is 0 Å². The lowest BCUT2D eigenvalue weighted by molar-refractivity contribution is -0.385. The first kappa shape index (κ1) is 17.4. The maximum absolute atomic E-state index is 11.0. The van der Waals surface area contributed by atoms with Gasteiger partial charge in [-0.2, -0.15) is 0 Å². The molecule has 0 aliphatic rings. The summed E-state index contributed by atoms with van der Waals surface area (Å²) in [5, 5.41) is 14.5. The molecule has 1 aromatic rings. The van der Waals surface area contributed by atoms with E-state index in [9.17, 15) is 10.1 Å². The second kappa shape index (κ2) is 8.62. The molecule has 1 N–H and O–H groups in total. The van der Waals surface area contributed by atoms with E-state index >= 15 is 0 Å². The molecule has 0 aromatic heterocycles. The third-order valence-corrected chi connectivity index (χ3v) is 3.41. The summed E-state index contributed by atoms with van der Waals surface area (Å²) >= 11 is 0. The summed E-state index contributed by atoms with van der Waals surface area (Å²) in [4.78, 5) is 10.7. The number of nitro groups is 1. The van der Waals surface area contributed by atoms with Crippen LogP contribution in [0.25, 0.3) is 0 Å². The number of likely N-dealkylation sites (N-methyl/N-ethyl adjacent to an activating group) is 1. The molecule has 21 heavy (non-hydrogen) atoms. The Balaban J connectivity index is 2.95. The van der Waals surface area contributed by atoms with Gasteiger partial charge in [0.05, 0.1) is 11.5 Å². The lowest BCUT2D eigenvalue weighted by atomic mass is 9.96. The van der Waals surface area contributed by atoms with Crippen molar-refractivity contribution < 1.29 is 9.66 Å². The highest BCUT2D eigenvalue weighted by Gasteiger charge is 2.18. The number of benzene rings is 1. The summed E-state index contributed by atoms with van der Waals surface area (Å²) in [7, 11) is 0. The van der Waals surface area contributed by atoms with Crippen molar-refractivity contribution in [2.75, 3.05) is 13.2 Å². The maximum atomic E-state index is 11.0. The second-order valence-electron chi connectivity index (χ2n) is 5.52. The standard InChI is InChI=1S/C16H26N2O3/c1-5-9-21-16-11-13(7-8-15(16)18(19)20)10-14(12(3)4)17-6-2/h7-8,11-12,14,17H,5-6,9-10H2,1-4H3. The maximum Gasteiger partial charge on any atom is 0.310 e. The highest BCUT2D eigenvalue weighted by Crippen LogP contribution is 2.29. The van der Waals surface area contributed by atoms with Gasteiger partial charge in [-0.1, -0.05) is 33.8 Å². The molecule has 0 radical (unpaired) electrons. The molecule has 5 nitrogen and oxygen atoms in total. The first-order chi connectivity index (χ1) is 9.99. The summed E-state index contributed by atoms with van der Waals surface area (Å²) in [6.45, 7) is 9.82. The Hall–Kier alpha value is -1.62. The number of nitrogens with zero attached hydrogens (tertiary/aromatic N) is 1. The van der Waals surface area contributed by atoms with Gasteiger partial charge in [0.15, 0.2) is 5.75 Å². The fraction of sp³-hybridized carbons (Fsp3) is 0.625. The van der Waals surface area contributed by atoms with E-state index in [2.05, 4.69) is 26.1 Å². The molecule has 0 saturated heterocycles. The summed E-state index contributed by atoms with van der Waals surface area (Å²) in [5.74, 6) is 0.874. The fourth-order valence-corrected chi connectivity index (χ4v) is 2.22. The fourth-order valence-electron chi connectivity index (χ4n) is 2.22. The minimum absolute atomic E-state index is 0.0387. The third-order valence-electron chi connectivity index (χ3n) is 3.41. The Morgan fingerprint density at radius 1 is 1.33 bits per heavy atom. The van der Waals surface area contributed by atoms with E-state index in [1.807, 2.05) is 13.0 Å². The van der Waals surface area contributed by atoms with Crippen LogP contribution < -0.4 is 10.1 Å². The lowest BCUT2D eigenvalue weighted by Gasteiger charge is -2.22. The molecule has 0 aliphatic carbocycles. The van der Waals surface area contributed by atoms with Crippen molar-refractivity contribution in [2.45, 2.75) is 46.6 Å². The van der Waals surface area contributed by atoms with Crippen molar-refractivity contribution in [1.82, 2.24) is 5.32 Å². The molecule has 0 saturated carbocycles. The van der Waals surface area contributed by atoms with E-state index in [4.69, 9.17) is 4.74 Å². The Kier molecular flexibility index (Phi) is 7.15. The molecule has 0 spiro atoms. The van der Waals surface area contributed by atoms with Crippen LogP contribution in [0.1, 0.15) is 39.7 Å². The van der Waals surface area contributed by atoms with E-state index in [1.165, 1.54) is 0 Å². The Morgan fingerprint density at radius 2 is 2.05 bits per heavy atom. The van der Waals surface area contributed by atoms with Crippen LogP contribution >= 0.6 is 0 Å². The number of nitrogens with one attached hydrogen (secondary N) is 1. The molecule has 1 rings (SSSR count). The van der Waals surface area contributed by atoms with Crippen molar-refractivity contribution in [1.29, 1.82) is 0 Å². The minimum Gasteiger partial charge on any atom is -0.487 e. The SMILES string of the molecule is CCCOc1cc(CC(NCC)C(C)C)ccc1[N+](=O)[O-]. The summed E-state index contributed by atoms with van der Waals surface area (Å²) in [5.41, 5.74) is 1.10. The van der Waals surface area contributed by atoms with E-state index in [0.717, 1.165) is 24.9 Å². The van der Waals surface area contributed by atoms with Gasteiger partial charge in [-0.3, -0.25) is 10.1 Å². The van der Waals surface area contributed by atoms with Crippen LogP contribution in [0.5, 0.6) is 5.75 Å². The normalized spacial score (nSPS) is 12.4. The average molecular weight is 294 g/mol. The zero-order valence-corrected chi connectivity index (χ0v) is 13.4. The van der Waals surface area contributed by atoms with Gasteiger partial charge < -0.3 is 10.1 Å². The number of nitro benzene ring substituents is 1. The molecule has 0 amide bonds. The van der Waals surface area contributed by atoms with Crippen molar-refractivity contribution in [2.24, 2.45) is 5.92 Å². The van der Waals surface area contributed by atoms with Crippen LogP contribution in [-0.4, -0.2) is 24.1 Å². The number of hydrogen-bond acceptors (Lipinski definition) is 4. The highest BCUT2D eigenvalue weighted by molar-refractivity contribution is 5.48. The number of ether oxygens (including phenoxy) is 1. The zero-order chi connectivity index (χ0) is 15.8. The van der Waals surface area contributed by atoms with Gasteiger partial charge in [0, 0.05) is 12.1 Å². The quantitative estimate of drug-likeness (QED) is 0.558. The molecular weight excluding hydrogens is 268 g/mol. The van der Waals surface area contributed by atoms with Crippen LogP contribution in [0, 0.1) is 16.0 Å². The van der Waals surface area contributed by atoms with Gasteiger partial charge in [-0.05, 0) is 36.9 Å². The van der Waals surface area contributed by atoms with Crippen LogP contribution in [0.15, 0.2) is 18.2 Å². The predicted molar refractivity (Wildman–Crippen MR) is 84.9 cm³/mol. The van der Waals surface area contributed by atoms with Crippen LogP contribution in [0.2, 0.25) is 0 Å². The first-order valence-corrected chi connectivity index (χ1v) is 7.63. The largest absolute Gasteiger partial charge is 0.487 e. The van der Waals surface area contributed by atoms with Crippen molar-refractivity contribution in [3.05, 3.63) is 33.9 Å². The van der Waals surface area contributed by atoms with E-state index in [-0.39, 0.29) is 10.6 Å². The minimum atomic E-state index is -0.390. The summed E-state index contributed by atoms with van der Waals surface area (Å²) in [6, 6.07) is 5.53. The van der Waals surface area contributed by atoms with Crippen molar-refractivity contribution in [3.8, 4) is 5.75 Å². The van der Waals surface area contributed by atoms with Crippen LogP contribution in [-0.2, 0) is 6.42 Å². The van der Waals surface area contributed by atoms with E-state index in [1.54, 1.807) is 12.1 Å². The van der Waals surface area contributed by atoms with Crippen LogP contribution in [0.4, 0.5) is 5.69 Å². The van der Waals surface area contributed by atoms with Gasteiger partial charge in [0.2, 0.25) is 0 Å². The molecular formula is C16H26N2O3. The van der Waals surface area contributed by atoms with Gasteiger partial charge >= 0.3 is 5.69 Å². The Labute approximate surface area is 126 Å². The predicted octanol–water partition coefficient (Wildman–Crippen LogP) is 3.56. The van der Waals surface area contributed by atoms with E-state index < -0.39 is 0 Å². The molecule has 0 aliphatic heterocycles. The van der Waals surface area contributed by atoms with E-state index in [0.29, 0.717) is 24.3 Å². The number of hydrogen-bond donors (Lipinski definition) is 1. The average Bonchev–Trinajstić information content (AvgIpc) is 2.44. The van der Waals surface area contributed by atoms with Gasteiger partial charge in [-0.15, -0.1) is 0 Å². The molecule has 0 heterocycles. The molecule has 5 heteroatoms. The molecule has 1 unspecified atom stereocenters. The molecule has 0 bridgehead atoms. The monoisotopic (exact) mass is 294 g/mol. The molecule has 1 atom stereocenters. The third kappa shape index (κ3) is 5.34. The number of rotatable bonds is 9. The first-order valence-electron chi connectivity index (χ1n) is 7.63. The Morgan fingerprint density at radius 3 is 2.57 bits per heavy atom. The van der Waals surface area contributed by atoms with Crippen molar-refractivity contribution in [3.63, 3.8) is 0 Å². The molecule has 1 aromatic carbocycles. The smallest absolute Gasteiger partial charge is 0.310 e. The van der Waals surface area contributed by atoms with Gasteiger partial charge in [0.1, 0.15) is 0 Å². The lowest BCUT2D eigenvalue weighted by Crippen LogP contribution is -2.35. The summed E-state index contributed by atoms with van der Waals surface area (Å²) < 4.78 is 5.53. The van der Waals surface area contributed by atoms with Crippen molar-refractivity contribution >= 4 is 5.69 Å².